The summed E-state index contributed by atoms with van der Waals surface area (Å²) in [5.41, 5.74) is 5.77. The second kappa shape index (κ2) is 4.94. The first-order valence-electron chi connectivity index (χ1n) is 5.11. The quantitative estimate of drug-likeness (QED) is 0.663. The number of hydrogen-bond acceptors (Lipinski definition) is 3. The lowest BCUT2D eigenvalue weighted by Gasteiger charge is -2.31. The fourth-order valence-electron chi connectivity index (χ4n) is 1.93. The highest BCUT2D eigenvalue weighted by atomic mass is 16.5. The lowest BCUT2D eigenvalue weighted by Crippen LogP contribution is -2.45. The smallest absolute Gasteiger partial charge is 0.0503 e. The highest BCUT2D eigenvalue weighted by Crippen LogP contribution is 2.28. The standard InChI is InChI=1S/C10H22N2O/c1-8(7-13-3)10(6-11)12(2)9-4-5-9/h8-10H,4-7,11H2,1-3H3. The summed E-state index contributed by atoms with van der Waals surface area (Å²) in [6, 6.07) is 1.26. The molecular weight excluding hydrogens is 164 g/mol. The van der Waals surface area contributed by atoms with Gasteiger partial charge in [0.2, 0.25) is 0 Å². The summed E-state index contributed by atoms with van der Waals surface area (Å²) < 4.78 is 5.15. The van der Waals surface area contributed by atoms with Crippen LogP contribution >= 0.6 is 0 Å². The molecule has 0 aliphatic heterocycles. The van der Waals surface area contributed by atoms with Gasteiger partial charge in [-0.2, -0.15) is 0 Å². The first-order chi connectivity index (χ1) is 6.20. The van der Waals surface area contributed by atoms with Crippen molar-refractivity contribution < 1.29 is 4.74 Å². The lowest BCUT2D eigenvalue weighted by molar-refractivity contribution is 0.0950. The van der Waals surface area contributed by atoms with E-state index in [2.05, 4.69) is 18.9 Å². The zero-order valence-electron chi connectivity index (χ0n) is 8.99. The molecule has 1 fully saturated rings. The van der Waals surface area contributed by atoms with Crippen molar-refractivity contribution in [3.05, 3.63) is 0 Å². The Morgan fingerprint density at radius 1 is 1.54 bits per heavy atom. The average molecular weight is 186 g/mol. The maximum absolute atomic E-state index is 5.77. The second-order valence-corrected chi connectivity index (χ2v) is 4.13. The molecule has 0 bridgehead atoms. The van der Waals surface area contributed by atoms with Crippen LogP contribution in [0.1, 0.15) is 19.8 Å². The minimum Gasteiger partial charge on any atom is -0.384 e. The normalized spacial score (nSPS) is 21.9. The highest BCUT2D eigenvalue weighted by molar-refractivity contribution is 4.88. The molecule has 3 heteroatoms. The molecule has 78 valence electrons. The summed E-state index contributed by atoms with van der Waals surface area (Å²) in [4.78, 5) is 2.42. The van der Waals surface area contributed by atoms with Crippen molar-refractivity contribution in [1.82, 2.24) is 4.90 Å². The van der Waals surface area contributed by atoms with Crippen LogP contribution in [0, 0.1) is 5.92 Å². The molecule has 0 aromatic heterocycles. The van der Waals surface area contributed by atoms with Crippen molar-refractivity contribution in [2.45, 2.75) is 31.8 Å². The molecule has 0 aromatic rings. The van der Waals surface area contributed by atoms with E-state index in [0.29, 0.717) is 12.0 Å². The molecule has 1 rings (SSSR count). The van der Waals surface area contributed by atoms with Crippen molar-refractivity contribution in [2.24, 2.45) is 11.7 Å². The monoisotopic (exact) mass is 186 g/mol. The van der Waals surface area contributed by atoms with Gasteiger partial charge in [-0.25, -0.2) is 0 Å². The van der Waals surface area contributed by atoms with Gasteiger partial charge in [0, 0.05) is 25.7 Å². The number of ether oxygens (including phenoxy) is 1. The maximum Gasteiger partial charge on any atom is 0.0503 e. The molecule has 1 aliphatic rings. The number of nitrogens with two attached hydrogens (primary N) is 1. The fourth-order valence-corrected chi connectivity index (χ4v) is 1.93. The molecule has 0 amide bonds. The van der Waals surface area contributed by atoms with E-state index in [9.17, 15) is 0 Å². The van der Waals surface area contributed by atoms with Gasteiger partial charge in [-0.15, -0.1) is 0 Å². The van der Waals surface area contributed by atoms with E-state index in [1.807, 2.05) is 0 Å². The van der Waals surface area contributed by atoms with E-state index in [4.69, 9.17) is 10.5 Å². The average Bonchev–Trinajstić information content (AvgIpc) is 2.88. The molecular formula is C10H22N2O. The van der Waals surface area contributed by atoms with E-state index < -0.39 is 0 Å². The van der Waals surface area contributed by atoms with Crippen LogP contribution in [-0.4, -0.2) is 44.3 Å². The number of hydrogen-bond donors (Lipinski definition) is 1. The van der Waals surface area contributed by atoms with Crippen molar-refractivity contribution in [2.75, 3.05) is 27.3 Å². The van der Waals surface area contributed by atoms with Crippen LogP contribution in [0.4, 0.5) is 0 Å². The summed E-state index contributed by atoms with van der Waals surface area (Å²) in [6.45, 7) is 3.75. The van der Waals surface area contributed by atoms with Crippen LogP contribution in [0.3, 0.4) is 0 Å². The maximum atomic E-state index is 5.77. The molecule has 2 unspecified atom stereocenters. The lowest BCUT2D eigenvalue weighted by atomic mass is 10.0. The van der Waals surface area contributed by atoms with Gasteiger partial charge < -0.3 is 10.5 Å². The number of likely N-dealkylation sites (N-methyl/N-ethyl adjacent to an activating group) is 1. The van der Waals surface area contributed by atoms with Gasteiger partial charge in [0.05, 0.1) is 6.61 Å². The minimum atomic E-state index is 0.479. The molecule has 1 aliphatic carbocycles. The van der Waals surface area contributed by atoms with Crippen molar-refractivity contribution in [3.63, 3.8) is 0 Å². The Labute approximate surface area is 81.2 Å². The Kier molecular flexibility index (Phi) is 4.16. The molecule has 0 spiro atoms. The van der Waals surface area contributed by atoms with Crippen molar-refractivity contribution >= 4 is 0 Å². The highest BCUT2D eigenvalue weighted by Gasteiger charge is 2.32. The van der Waals surface area contributed by atoms with Crippen LogP contribution in [0.15, 0.2) is 0 Å². The number of methoxy groups -OCH3 is 1. The first-order valence-corrected chi connectivity index (χ1v) is 5.11. The SMILES string of the molecule is COCC(C)C(CN)N(C)C1CC1. The zero-order valence-corrected chi connectivity index (χ0v) is 8.99. The summed E-state index contributed by atoms with van der Waals surface area (Å²) in [6.07, 6.45) is 2.68. The van der Waals surface area contributed by atoms with E-state index in [-0.39, 0.29) is 0 Å². The van der Waals surface area contributed by atoms with Crippen molar-refractivity contribution in [1.29, 1.82) is 0 Å². The topological polar surface area (TPSA) is 38.5 Å². The Bertz CT molecular complexity index is 148. The van der Waals surface area contributed by atoms with E-state index in [1.54, 1.807) is 7.11 Å². The van der Waals surface area contributed by atoms with Crippen LogP contribution in [0.25, 0.3) is 0 Å². The summed E-state index contributed by atoms with van der Waals surface area (Å²) in [7, 11) is 3.93. The predicted octanol–water partition coefficient (Wildman–Crippen LogP) is 0.690. The van der Waals surface area contributed by atoms with Crippen LogP contribution < -0.4 is 5.73 Å². The minimum absolute atomic E-state index is 0.479. The predicted molar refractivity (Wildman–Crippen MR) is 54.7 cm³/mol. The third-order valence-electron chi connectivity index (χ3n) is 2.97. The number of nitrogens with zero attached hydrogens (tertiary/aromatic N) is 1. The molecule has 0 heterocycles. The third kappa shape index (κ3) is 2.93. The van der Waals surface area contributed by atoms with Gasteiger partial charge in [0.15, 0.2) is 0 Å². The molecule has 0 radical (unpaired) electrons. The zero-order chi connectivity index (χ0) is 9.84. The van der Waals surface area contributed by atoms with Gasteiger partial charge in [-0.05, 0) is 25.8 Å². The van der Waals surface area contributed by atoms with Gasteiger partial charge in [-0.3, -0.25) is 4.90 Å². The molecule has 2 N–H and O–H groups in total. The molecule has 2 atom stereocenters. The summed E-state index contributed by atoms with van der Waals surface area (Å²) in [5.74, 6) is 0.528. The van der Waals surface area contributed by atoms with Gasteiger partial charge >= 0.3 is 0 Å². The Morgan fingerprint density at radius 3 is 2.54 bits per heavy atom. The first kappa shape index (κ1) is 11.0. The summed E-state index contributed by atoms with van der Waals surface area (Å²) >= 11 is 0. The van der Waals surface area contributed by atoms with Crippen molar-refractivity contribution in [3.8, 4) is 0 Å². The Morgan fingerprint density at radius 2 is 2.15 bits per heavy atom. The van der Waals surface area contributed by atoms with Crippen LogP contribution in [-0.2, 0) is 4.74 Å². The second-order valence-electron chi connectivity index (χ2n) is 4.13. The van der Waals surface area contributed by atoms with Crippen LogP contribution in [0.5, 0.6) is 0 Å². The Hall–Kier alpha value is -0.120. The molecule has 1 saturated carbocycles. The summed E-state index contributed by atoms with van der Waals surface area (Å²) in [5, 5.41) is 0. The van der Waals surface area contributed by atoms with E-state index in [0.717, 1.165) is 19.2 Å². The largest absolute Gasteiger partial charge is 0.384 e. The van der Waals surface area contributed by atoms with Gasteiger partial charge in [-0.1, -0.05) is 6.92 Å². The molecule has 13 heavy (non-hydrogen) atoms. The fraction of sp³-hybridized carbons (Fsp3) is 1.00. The van der Waals surface area contributed by atoms with Crippen LogP contribution in [0.2, 0.25) is 0 Å². The van der Waals surface area contributed by atoms with Gasteiger partial charge in [0.25, 0.3) is 0 Å². The third-order valence-corrected chi connectivity index (χ3v) is 2.97. The van der Waals surface area contributed by atoms with E-state index >= 15 is 0 Å². The molecule has 0 saturated heterocycles. The van der Waals surface area contributed by atoms with Gasteiger partial charge in [0.1, 0.15) is 0 Å². The number of rotatable bonds is 6. The molecule has 0 aromatic carbocycles. The molecule has 3 nitrogen and oxygen atoms in total. The Balaban J connectivity index is 2.39. The van der Waals surface area contributed by atoms with E-state index in [1.165, 1.54) is 12.8 Å².